The third kappa shape index (κ3) is 5.73. The molecule has 2 saturated heterocycles. The molecule has 230 valence electrons. The Bertz CT molecular complexity index is 1750. The lowest BCUT2D eigenvalue weighted by atomic mass is 9.92. The van der Waals surface area contributed by atoms with Gasteiger partial charge in [0.15, 0.2) is 0 Å². The Labute approximate surface area is 261 Å². The van der Waals surface area contributed by atoms with Gasteiger partial charge in [0.05, 0.1) is 12.2 Å². The van der Waals surface area contributed by atoms with Crippen molar-refractivity contribution >= 4 is 40.5 Å². The predicted octanol–water partition coefficient (Wildman–Crippen LogP) is 6.30. The van der Waals surface area contributed by atoms with E-state index in [1.54, 1.807) is 51.1 Å². The van der Waals surface area contributed by atoms with Gasteiger partial charge in [-0.3, -0.25) is 9.69 Å². The first-order chi connectivity index (χ1) is 21.6. The molecule has 2 aliphatic heterocycles. The van der Waals surface area contributed by atoms with Crippen molar-refractivity contribution in [1.82, 2.24) is 9.80 Å². The maximum Gasteiger partial charge on any atom is 0.410 e. The molecule has 4 aromatic carbocycles. The van der Waals surface area contributed by atoms with Crippen molar-refractivity contribution in [2.24, 2.45) is 0 Å². The highest BCUT2D eigenvalue weighted by atomic mass is 16.6. The number of anilines is 1. The number of hydrogen-bond acceptors (Lipinski definition) is 6. The molecule has 0 aliphatic carbocycles. The van der Waals surface area contributed by atoms with Crippen molar-refractivity contribution in [3.05, 3.63) is 114 Å². The standard InChI is InChI=1S/C36H35N3O6/c1-35(2,3)45-31(40)30-21-36(24-37(30)34(43)44-23-25-13-6-4-7-14-25)32(41)39(28-18-8-5-9-19-28)33(42)38(36)22-27-17-12-16-26-15-10-11-20-29(26)27/h4-20,30H,21-24H2,1-3H3/t30-,36+/m0/s1. The Morgan fingerprint density at radius 1 is 0.844 bits per heavy atom. The summed E-state index contributed by atoms with van der Waals surface area (Å²) in [5.74, 6) is -1.18. The highest BCUT2D eigenvalue weighted by Crippen LogP contribution is 2.43. The number of likely N-dealkylation sites (tertiary alicyclic amines) is 1. The molecular formula is C36H35N3O6. The molecule has 9 heteroatoms. The summed E-state index contributed by atoms with van der Waals surface area (Å²) in [6, 6.07) is 29.8. The van der Waals surface area contributed by atoms with Crippen LogP contribution in [0.15, 0.2) is 103 Å². The molecule has 0 aromatic heterocycles. The van der Waals surface area contributed by atoms with Crippen LogP contribution in [0, 0.1) is 0 Å². The summed E-state index contributed by atoms with van der Waals surface area (Å²) in [4.78, 5) is 60.1. The molecule has 2 atom stereocenters. The summed E-state index contributed by atoms with van der Waals surface area (Å²) in [5.41, 5.74) is -0.375. The minimum Gasteiger partial charge on any atom is -0.458 e. The first kappa shape index (κ1) is 29.9. The van der Waals surface area contributed by atoms with E-state index >= 15 is 0 Å². The van der Waals surface area contributed by atoms with Gasteiger partial charge in [-0.05, 0) is 54.8 Å². The molecule has 4 aromatic rings. The SMILES string of the molecule is CC(C)(C)OC(=O)[C@@H]1C[C@@]2(CN1C(=O)OCc1ccccc1)C(=O)N(c1ccccc1)C(=O)N2Cc1cccc2ccccc12. The number of nitrogens with zero attached hydrogens (tertiary/aromatic N) is 3. The fourth-order valence-corrected chi connectivity index (χ4v) is 6.15. The van der Waals surface area contributed by atoms with Crippen LogP contribution in [0.25, 0.3) is 10.8 Å². The van der Waals surface area contributed by atoms with E-state index in [4.69, 9.17) is 9.47 Å². The maximum atomic E-state index is 14.5. The molecule has 1 spiro atoms. The van der Waals surface area contributed by atoms with Crippen LogP contribution in [0.1, 0.15) is 38.3 Å². The number of imide groups is 1. The smallest absolute Gasteiger partial charge is 0.410 e. The molecule has 2 heterocycles. The number of esters is 1. The molecular weight excluding hydrogens is 570 g/mol. The predicted molar refractivity (Wildman–Crippen MR) is 169 cm³/mol. The van der Waals surface area contributed by atoms with E-state index < -0.39 is 41.2 Å². The second-order valence-electron chi connectivity index (χ2n) is 12.4. The molecule has 0 saturated carbocycles. The summed E-state index contributed by atoms with van der Waals surface area (Å²) in [6.45, 7) is 5.05. The van der Waals surface area contributed by atoms with Crippen LogP contribution in [0.3, 0.4) is 0 Å². The van der Waals surface area contributed by atoms with E-state index in [9.17, 15) is 19.2 Å². The van der Waals surface area contributed by atoms with Crippen LogP contribution in [0.4, 0.5) is 15.3 Å². The highest BCUT2D eigenvalue weighted by Gasteiger charge is 2.65. The summed E-state index contributed by atoms with van der Waals surface area (Å²) < 4.78 is 11.4. The zero-order valence-electron chi connectivity index (χ0n) is 25.5. The van der Waals surface area contributed by atoms with Crippen molar-refractivity contribution in [2.45, 2.75) is 57.5 Å². The Kier molecular flexibility index (Phi) is 7.78. The number of carbonyl (C=O) groups excluding carboxylic acids is 4. The number of urea groups is 1. The molecule has 6 rings (SSSR count). The van der Waals surface area contributed by atoms with E-state index in [0.29, 0.717) is 5.69 Å². The molecule has 0 unspecified atom stereocenters. The van der Waals surface area contributed by atoms with Crippen molar-refractivity contribution in [1.29, 1.82) is 0 Å². The quantitative estimate of drug-likeness (QED) is 0.189. The van der Waals surface area contributed by atoms with Gasteiger partial charge in [-0.15, -0.1) is 0 Å². The largest absolute Gasteiger partial charge is 0.458 e. The van der Waals surface area contributed by atoms with Crippen molar-refractivity contribution in [2.75, 3.05) is 11.4 Å². The van der Waals surface area contributed by atoms with Crippen LogP contribution in [0.5, 0.6) is 0 Å². The molecule has 2 fully saturated rings. The monoisotopic (exact) mass is 605 g/mol. The summed E-state index contributed by atoms with van der Waals surface area (Å²) in [7, 11) is 0. The number of benzene rings is 4. The Hall–Kier alpha value is -5.18. The van der Waals surface area contributed by atoms with Crippen LogP contribution in [0.2, 0.25) is 0 Å². The minimum absolute atomic E-state index is 0.0209. The Balaban J connectivity index is 1.41. The third-order valence-electron chi connectivity index (χ3n) is 8.22. The second kappa shape index (κ2) is 11.7. The number of carbonyl (C=O) groups is 4. The van der Waals surface area contributed by atoms with Crippen LogP contribution in [-0.2, 0) is 32.2 Å². The molecule has 2 aliphatic rings. The number of hydrogen-bond donors (Lipinski definition) is 0. The number of ether oxygens (including phenoxy) is 2. The topological polar surface area (TPSA) is 96.5 Å². The van der Waals surface area contributed by atoms with Crippen LogP contribution in [-0.4, -0.2) is 57.5 Å². The highest BCUT2D eigenvalue weighted by molar-refractivity contribution is 6.24. The second-order valence-corrected chi connectivity index (χ2v) is 12.4. The van der Waals surface area contributed by atoms with Gasteiger partial charge in [0.1, 0.15) is 23.8 Å². The van der Waals surface area contributed by atoms with Gasteiger partial charge >= 0.3 is 18.1 Å². The molecule has 0 bridgehead atoms. The molecule has 0 N–H and O–H groups in total. The van der Waals surface area contributed by atoms with Gasteiger partial charge in [-0.25, -0.2) is 19.3 Å². The van der Waals surface area contributed by atoms with Gasteiger partial charge in [0.25, 0.3) is 5.91 Å². The summed E-state index contributed by atoms with van der Waals surface area (Å²) in [5, 5.41) is 1.93. The average molecular weight is 606 g/mol. The van der Waals surface area contributed by atoms with Gasteiger partial charge in [-0.1, -0.05) is 91.0 Å². The molecule has 0 radical (unpaired) electrons. The number of para-hydroxylation sites is 1. The van der Waals surface area contributed by atoms with Gasteiger partial charge in [0.2, 0.25) is 0 Å². The average Bonchev–Trinajstić information content (AvgIpc) is 3.53. The zero-order chi connectivity index (χ0) is 31.8. The van der Waals surface area contributed by atoms with Crippen molar-refractivity contribution in [3.8, 4) is 0 Å². The van der Waals surface area contributed by atoms with Crippen molar-refractivity contribution in [3.63, 3.8) is 0 Å². The fraction of sp³-hybridized carbons (Fsp3) is 0.278. The van der Waals surface area contributed by atoms with E-state index in [1.807, 2.05) is 72.8 Å². The Morgan fingerprint density at radius 2 is 1.49 bits per heavy atom. The minimum atomic E-state index is -1.54. The molecule has 45 heavy (non-hydrogen) atoms. The lowest BCUT2D eigenvalue weighted by Gasteiger charge is -2.31. The van der Waals surface area contributed by atoms with Crippen LogP contribution >= 0.6 is 0 Å². The van der Waals surface area contributed by atoms with Crippen LogP contribution < -0.4 is 4.90 Å². The number of amides is 4. The van der Waals surface area contributed by atoms with E-state index in [1.165, 1.54) is 9.80 Å². The normalized spacial score (nSPS) is 19.9. The first-order valence-electron chi connectivity index (χ1n) is 15.0. The zero-order valence-corrected chi connectivity index (χ0v) is 25.5. The van der Waals surface area contributed by atoms with Gasteiger partial charge < -0.3 is 14.4 Å². The Morgan fingerprint density at radius 3 is 2.20 bits per heavy atom. The number of fused-ring (bicyclic) bond motifs is 1. The van der Waals surface area contributed by atoms with Gasteiger partial charge in [0, 0.05) is 13.0 Å². The van der Waals surface area contributed by atoms with Crippen molar-refractivity contribution < 1.29 is 28.7 Å². The first-order valence-corrected chi connectivity index (χ1v) is 15.0. The van der Waals surface area contributed by atoms with E-state index in [0.717, 1.165) is 26.8 Å². The molecule has 4 amide bonds. The number of rotatable bonds is 6. The van der Waals surface area contributed by atoms with E-state index in [2.05, 4.69) is 0 Å². The van der Waals surface area contributed by atoms with Gasteiger partial charge in [-0.2, -0.15) is 0 Å². The summed E-state index contributed by atoms with van der Waals surface area (Å²) in [6.07, 6.45) is -0.906. The van der Waals surface area contributed by atoms with E-state index in [-0.39, 0.29) is 26.1 Å². The lowest BCUT2D eigenvalue weighted by Crippen LogP contribution is -2.52. The lowest BCUT2D eigenvalue weighted by molar-refractivity contribution is -0.159. The third-order valence-corrected chi connectivity index (χ3v) is 8.22. The molecule has 9 nitrogen and oxygen atoms in total. The fourth-order valence-electron chi connectivity index (χ4n) is 6.15. The maximum absolute atomic E-state index is 14.5. The summed E-state index contributed by atoms with van der Waals surface area (Å²) >= 11 is 0.